The van der Waals surface area contributed by atoms with Crippen LogP contribution in [0.5, 0.6) is 11.5 Å². The van der Waals surface area contributed by atoms with Crippen molar-refractivity contribution in [2.75, 3.05) is 0 Å². The minimum atomic E-state index is -1.96. The van der Waals surface area contributed by atoms with Crippen molar-refractivity contribution in [3.63, 3.8) is 0 Å². The number of carbonyl (C=O) groups excluding carboxylic acids is 2. The summed E-state index contributed by atoms with van der Waals surface area (Å²) in [6, 6.07) is 5.54. The molecule has 6 N–H and O–H groups in total. The number of carboxylic acids is 2. The molecule has 12 heteroatoms. The van der Waals surface area contributed by atoms with E-state index in [0.29, 0.717) is 0 Å². The molecule has 12 nitrogen and oxygen atoms in total. The monoisotopic (exact) mass is 460 g/mol. The zero-order valence-corrected chi connectivity index (χ0v) is 16.4. The van der Waals surface area contributed by atoms with Gasteiger partial charge in [-0.1, -0.05) is 12.1 Å². The van der Waals surface area contributed by atoms with Crippen LogP contribution in [0, 0.1) is 0 Å². The lowest BCUT2D eigenvalue weighted by molar-refractivity contribution is -0.271. The molecule has 1 unspecified atom stereocenters. The second kappa shape index (κ2) is 7.94. The van der Waals surface area contributed by atoms with Gasteiger partial charge in [0.15, 0.2) is 11.9 Å². The van der Waals surface area contributed by atoms with Gasteiger partial charge in [-0.25, -0.2) is 9.59 Å². The van der Waals surface area contributed by atoms with Crippen LogP contribution in [0.15, 0.2) is 30.3 Å². The molecule has 2 aromatic rings. The highest BCUT2D eigenvalue weighted by Gasteiger charge is 2.48. The Morgan fingerprint density at radius 1 is 0.879 bits per heavy atom. The van der Waals surface area contributed by atoms with E-state index in [1.807, 2.05) is 0 Å². The van der Waals surface area contributed by atoms with Crippen LogP contribution in [-0.2, 0) is 9.53 Å². The van der Waals surface area contributed by atoms with Crippen molar-refractivity contribution < 1.29 is 59.3 Å². The molecule has 0 bridgehead atoms. The summed E-state index contributed by atoms with van der Waals surface area (Å²) >= 11 is 0. The first-order valence-electron chi connectivity index (χ1n) is 9.44. The number of carbonyl (C=O) groups is 4. The Kier molecular flexibility index (Phi) is 5.38. The average molecular weight is 460 g/mol. The van der Waals surface area contributed by atoms with E-state index >= 15 is 0 Å². The topological polar surface area (TPSA) is 208 Å². The number of rotatable bonds is 4. The third-order valence-corrected chi connectivity index (χ3v) is 5.39. The number of fused-ring (bicyclic) bond motifs is 2. The summed E-state index contributed by atoms with van der Waals surface area (Å²) in [4.78, 5) is 48.7. The number of hydrogen-bond donors (Lipinski definition) is 6. The van der Waals surface area contributed by atoms with Gasteiger partial charge in [-0.15, -0.1) is 0 Å². The highest BCUT2D eigenvalue weighted by atomic mass is 16.7. The Labute approximate surface area is 183 Å². The summed E-state index contributed by atoms with van der Waals surface area (Å²) in [5.74, 6) is -5.83. The number of hydrogen-bond acceptors (Lipinski definition) is 10. The van der Waals surface area contributed by atoms with Crippen LogP contribution < -0.4 is 4.74 Å². The van der Waals surface area contributed by atoms with E-state index in [-0.39, 0.29) is 22.4 Å². The average Bonchev–Trinajstić information content (AvgIpc) is 2.76. The molecule has 172 valence electrons. The number of ketones is 2. The van der Waals surface area contributed by atoms with Gasteiger partial charge in [0.05, 0.1) is 16.7 Å². The highest BCUT2D eigenvalue weighted by Crippen LogP contribution is 2.38. The number of aromatic hydroxyl groups is 1. The van der Waals surface area contributed by atoms with E-state index in [0.717, 1.165) is 12.1 Å². The zero-order chi connectivity index (χ0) is 24.2. The zero-order valence-electron chi connectivity index (χ0n) is 16.4. The van der Waals surface area contributed by atoms with E-state index in [2.05, 4.69) is 0 Å². The predicted octanol–water partition coefficient (Wildman–Crippen LogP) is -0.863. The van der Waals surface area contributed by atoms with E-state index in [1.54, 1.807) is 0 Å². The molecule has 1 fully saturated rings. The van der Waals surface area contributed by atoms with Gasteiger partial charge in [-0.05, 0) is 18.2 Å². The van der Waals surface area contributed by atoms with Crippen LogP contribution in [-0.4, -0.2) is 84.9 Å². The van der Waals surface area contributed by atoms with Gasteiger partial charge in [-0.2, -0.15) is 0 Å². The molecule has 0 aromatic heterocycles. The number of phenols is 1. The lowest BCUT2D eigenvalue weighted by Crippen LogP contribution is -2.61. The lowest BCUT2D eigenvalue weighted by atomic mass is 9.82. The normalized spacial score (nSPS) is 26.3. The molecule has 0 spiro atoms. The third kappa shape index (κ3) is 3.50. The fourth-order valence-corrected chi connectivity index (χ4v) is 3.77. The number of aromatic carboxylic acids is 1. The predicted molar refractivity (Wildman–Crippen MR) is 103 cm³/mol. The Morgan fingerprint density at radius 3 is 2.21 bits per heavy atom. The van der Waals surface area contributed by atoms with Crippen molar-refractivity contribution in [2.24, 2.45) is 0 Å². The third-order valence-electron chi connectivity index (χ3n) is 5.39. The maximum atomic E-state index is 13.2. The van der Waals surface area contributed by atoms with Crippen molar-refractivity contribution in [1.29, 1.82) is 0 Å². The number of ether oxygens (including phenoxy) is 2. The molecule has 2 aromatic carbocycles. The van der Waals surface area contributed by atoms with Crippen LogP contribution >= 0.6 is 0 Å². The Balaban J connectivity index is 1.76. The number of benzene rings is 2. The summed E-state index contributed by atoms with van der Waals surface area (Å²) in [6.45, 7) is 0. The second-order valence-electron chi connectivity index (χ2n) is 7.41. The van der Waals surface area contributed by atoms with Crippen LogP contribution in [0.1, 0.15) is 42.2 Å². The van der Waals surface area contributed by atoms with Crippen molar-refractivity contribution >= 4 is 23.5 Å². The minimum absolute atomic E-state index is 0.201. The van der Waals surface area contributed by atoms with Gasteiger partial charge in [-0.3, -0.25) is 9.59 Å². The quantitative estimate of drug-likeness (QED) is 0.281. The van der Waals surface area contributed by atoms with Crippen LogP contribution in [0.2, 0.25) is 0 Å². The summed E-state index contributed by atoms with van der Waals surface area (Å²) < 4.78 is 10.5. The SMILES string of the molecule is O=C(O)c1cc(O)c2c(c1)C(=O)c1cccc(O[C@@H]3OC(C(=O)O)[C@@H](O)[C@H](O)[C@@H]3O)c1C2=O. The molecule has 0 radical (unpaired) electrons. The highest BCUT2D eigenvalue weighted by molar-refractivity contribution is 6.30. The molecule has 1 aliphatic carbocycles. The standard InChI is InChI=1S/C21H16O12/c22-9-5-6(19(28)29)4-8-11(9)14(24)12-7(13(8)23)2-1-3-10(12)32-21-17(27)15(25)16(26)18(33-21)20(30)31/h1-5,15-18,21-22,25-27H,(H,28,29)(H,30,31)/t15-,16-,17-,18?,21+/m0/s1. The number of aliphatic hydroxyl groups excluding tert-OH is 3. The van der Waals surface area contributed by atoms with Crippen molar-refractivity contribution in [1.82, 2.24) is 0 Å². The first-order chi connectivity index (χ1) is 15.5. The minimum Gasteiger partial charge on any atom is -0.507 e. The van der Waals surface area contributed by atoms with Crippen LogP contribution in [0.25, 0.3) is 0 Å². The van der Waals surface area contributed by atoms with Gasteiger partial charge in [0.1, 0.15) is 29.8 Å². The molecule has 0 amide bonds. The van der Waals surface area contributed by atoms with Crippen molar-refractivity contribution in [3.05, 3.63) is 58.1 Å². The molecule has 5 atom stereocenters. The second-order valence-corrected chi connectivity index (χ2v) is 7.41. The maximum Gasteiger partial charge on any atom is 0.335 e. The van der Waals surface area contributed by atoms with Gasteiger partial charge in [0.2, 0.25) is 12.1 Å². The Morgan fingerprint density at radius 2 is 1.58 bits per heavy atom. The van der Waals surface area contributed by atoms with Crippen molar-refractivity contribution in [2.45, 2.75) is 30.7 Å². The summed E-state index contributed by atoms with van der Waals surface area (Å²) in [5.41, 5.74) is -1.75. The van der Waals surface area contributed by atoms with Crippen molar-refractivity contribution in [3.8, 4) is 11.5 Å². The molecule has 4 rings (SSSR count). The van der Waals surface area contributed by atoms with Gasteiger partial charge in [0, 0.05) is 11.1 Å². The number of carboxylic acid groups (broad SMARTS) is 2. The molecule has 0 saturated carbocycles. The maximum absolute atomic E-state index is 13.2. The molecular formula is C21H16O12. The molecule has 2 aliphatic rings. The first kappa shape index (κ1) is 22.4. The van der Waals surface area contributed by atoms with E-state index < -0.39 is 71.1 Å². The Bertz CT molecular complexity index is 1200. The summed E-state index contributed by atoms with van der Waals surface area (Å²) in [6.07, 6.45) is -9.63. The van der Waals surface area contributed by atoms with Gasteiger partial charge in [0.25, 0.3) is 0 Å². The number of aliphatic carboxylic acids is 1. The fraction of sp³-hybridized carbons (Fsp3) is 0.238. The molecule has 33 heavy (non-hydrogen) atoms. The molecular weight excluding hydrogens is 444 g/mol. The van der Waals surface area contributed by atoms with Gasteiger partial charge >= 0.3 is 11.9 Å². The van der Waals surface area contributed by atoms with E-state index in [1.165, 1.54) is 18.2 Å². The number of aliphatic hydroxyl groups is 3. The molecule has 1 aliphatic heterocycles. The van der Waals surface area contributed by atoms with E-state index in [4.69, 9.17) is 19.7 Å². The van der Waals surface area contributed by atoms with E-state index in [9.17, 15) is 39.6 Å². The first-order valence-corrected chi connectivity index (χ1v) is 9.44. The largest absolute Gasteiger partial charge is 0.507 e. The Hall–Kier alpha value is -3.84. The van der Waals surface area contributed by atoms with Crippen LogP contribution in [0.4, 0.5) is 0 Å². The molecule has 1 heterocycles. The summed E-state index contributed by atoms with van der Waals surface area (Å²) in [5, 5.41) is 58.5. The lowest BCUT2D eigenvalue weighted by Gasteiger charge is -2.38. The van der Waals surface area contributed by atoms with Gasteiger partial charge < -0.3 is 40.1 Å². The number of phenolic OH excluding ortho intramolecular Hbond substituents is 1. The van der Waals surface area contributed by atoms with Crippen LogP contribution in [0.3, 0.4) is 0 Å². The fourth-order valence-electron chi connectivity index (χ4n) is 3.77. The smallest absolute Gasteiger partial charge is 0.335 e. The summed E-state index contributed by atoms with van der Waals surface area (Å²) in [7, 11) is 0. The molecule has 1 saturated heterocycles.